The maximum atomic E-state index is 6.08. The van der Waals surface area contributed by atoms with Crippen molar-refractivity contribution < 1.29 is 9.47 Å². The molecule has 29 heavy (non-hydrogen) atoms. The molecular weight excluding hydrogens is 358 g/mol. The highest BCUT2D eigenvalue weighted by Crippen LogP contribution is 2.27. The van der Waals surface area contributed by atoms with E-state index in [1.165, 1.54) is 11.1 Å². The van der Waals surface area contributed by atoms with Gasteiger partial charge in [-0.1, -0.05) is 62.4 Å². The molecule has 0 N–H and O–H groups in total. The smallest absolute Gasteiger partial charge is 0.129 e. The van der Waals surface area contributed by atoms with Gasteiger partial charge in [0.25, 0.3) is 0 Å². The summed E-state index contributed by atoms with van der Waals surface area (Å²) in [6.07, 6.45) is 2.10. The molecule has 1 heterocycles. The summed E-state index contributed by atoms with van der Waals surface area (Å²) in [6, 6.07) is 27.0. The molecule has 0 unspecified atom stereocenters. The van der Waals surface area contributed by atoms with Crippen LogP contribution in [-0.2, 0) is 13.2 Å². The molecule has 0 atom stereocenters. The zero-order valence-electron chi connectivity index (χ0n) is 17.0. The van der Waals surface area contributed by atoms with E-state index in [1.54, 1.807) is 0 Å². The van der Waals surface area contributed by atoms with Crippen LogP contribution in [0.15, 0.2) is 85.1 Å². The molecule has 0 spiro atoms. The monoisotopic (exact) mass is 385 g/mol. The van der Waals surface area contributed by atoms with Crippen LogP contribution in [-0.4, -0.2) is 11.2 Å². The van der Waals surface area contributed by atoms with Crippen LogP contribution >= 0.6 is 0 Å². The van der Waals surface area contributed by atoms with E-state index in [0.717, 1.165) is 28.9 Å². The minimum absolute atomic E-state index is 0.536. The first kappa shape index (κ1) is 19.1. The Hall–Kier alpha value is -3.20. The minimum Gasteiger partial charge on any atom is -0.492 e. The third kappa shape index (κ3) is 4.62. The van der Waals surface area contributed by atoms with Crippen LogP contribution in [0, 0.1) is 0 Å². The van der Waals surface area contributed by atoms with Gasteiger partial charge in [-0.15, -0.1) is 0 Å². The maximum Gasteiger partial charge on any atom is 0.129 e. The number of hydrogen-bond acceptors (Lipinski definition) is 2. The van der Waals surface area contributed by atoms with E-state index in [2.05, 4.69) is 73.1 Å². The third-order valence-corrected chi connectivity index (χ3v) is 5.16. The molecule has 0 aliphatic heterocycles. The molecule has 4 rings (SSSR count). The van der Waals surface area contributed by atoms with Gasteiger partial charge in [-0.2, -0.15) is 0 Å². The van der Waals surface area contributed by atoms with Crippen LogP contribution in [0.4, 0.5) is 0 Å². The average Bonchev–Trinajstić information content (AvgIpc) is 3.17. The molecule has 0 aliphatic carbocycles. The van der Waals surface area contributed by atoms with Gasteiger partial charge in [0.1, 0.15) is 24.7 Å². The average molecular weight is 386 g/mol. The van der Waals surface area contributed by atoms with Gasteiger partial charge in [0.15, 0.2) is 0 Å². The Morgan fingerprint density at radius 2 is 1.59 bits per heavy atom. The summed E-state index contributed by atoms with van der Waals surface area (Å²) in [5.74, 6) is 2.36. The highest BCUT2D eigenvalue weighted by molar-refractivity contribution is 5.86. The largest absolute Gasteiger partial charge is 0.492 e. The highest BCUT2D eigenvalue weighted by Gasteiger charge is 2.07. The van der Waals surface area contributed by atoms with Crippen LogP contribution in [0.2, 0.25) is 0 Å². The van der Waals surface area contributed by atoms with Gasteiger partial charge in [-0.05, 0) is 47.4 Å². The number of benzene rings is 3. The molecule has 0 fully saturated rings. The molecule has 148 valence electrons. The van der Waals surface area contributed by atoms with Crippen molar-refractivity contribution in [2.24, 2.45) is 0 Å². The molecule has 0 aliphatic rings. The van der Waals surface area contributed by atoms with Crippen LogP contribution < -0.4 is 9.47 Å². The normalized spacial score (nSPS) is 11.1. The van der Waals surface area contributed by atoms with Crippen molar-refractivity contribution in [3.8, 4) is 11.5 Å². The van der Waals surface area contributed by atoms with Gasteiger partial charge in [-0.25, -0.2) is 0 Å². The Labute approximate surface area is 172 Å². The van der Waals surface area contributed by atoms with Crippen molar-refractivity contribution in [2.75, 3.05) is 6.61 Å². The van der Waals surface area contributed by atoms with Crippen molar-refractivity contribution in [2.45, 2.75) is 32.9 Å². The van der Waals surface area contributed by atoms with Gasteiger partial charge in [0.2, 0.25) is 0 Å². The molecule has 0 radical (unpaired) electrons. The van der Waals surface area contributed by atoms with Crippen molar-refractivity contribution in [3.63, 3.8) is 0 Å². The second-order valence-electron chi connectivity index (χ2n) is 7.54. The first-order valence-electron chi connectivity index (χ1n) is 10.2. The zero-order valence-corrected chi connectivity index (χ0v) is 17.0. The van der Waals surface area contributed by atoms with Gasteiger partial charge < -0.3 is 14.0 Å². The highest BCUT2D eigenvalue weighted by atomic mass is 16.5. The van der Waals surface area contributed by atoms with Gasteiger partial charge >= 0.3 is 0 Å². The Morgan fingerprint density at radius 3 is 2.34 bits per heavy atom. The molecule has 0 amide bonds. The lowest BCUT2D eigenvalue weighted by Gasteiger charge is -2.11. The number of nitrogens with zero attached hydrogens (tertiary/aromatic N) is 1. The minimum atomic E-state index is 0.536. The second-order valence-corrected chi connectivity index (χ2v) is 7.54. The molecule has 1 aromatic heterocycles. The van der Waals surface area contributed by atoms with Gasteiger partial charge in [0.05, 0.1) is 12.1 Å². The number of hydrogen-bond donors (Lipinski definition) is 0. The molecule has 0 saturated carbocycles. The SMILES string of the molecule is CC(C)c1ccc(OCCn2ccc3c(OCc4ccccc4)cccc32)cc1. The van der Waals surface area contributed by atoms with Crippen molar-refractivity contribution in [3.05, 3.63) is 96.2 Å². The van der Waals surface area contributed by atoms with E-state index in [0.29, 0.717) is 19.1 Å². The Bertz CT molecular complexity index is 1050. The van der Waals surface area contributed by atoms with E-state index in [-0.39, 0.29) is 0 Å². The Kier molecular flexibility index (Phi) is 5.85. The van der Waals surface area contributed by atoms with E-state index in [1.807, 2.05) is 30.3 Å². The summed E-state index contributed by atoms with van der Waals surface area (Å²) in [5, 5.41) is 1.13. The topological polar surface area (TPSA) is 23.4 Å². The van der Waals surface area contributed by atoms with Gasteiger partial charge in [-0.3, -0.25) is 0 Å². The van der Waals surface area contributed by atoms with Gasteiger partial charge in [0, 0.05) is 11.6 Å². The lowest BCUT2D eigenvalue weighted by atomic mass is 10.0. The lowest BCUT2D eigenvalue weighted by molar-refractivity contribution is 0.300. The van der Waals surface area contributed by atoms with Crippen LogP contribution in [0.5, 0.6) is 11.5 Å². The standard InChI is InChI=1S/C26H27NO2/c1-20(2)22-11-13-23(14-12-22)28-18-17-27-16-15-24-25(27)9-6-10-26(24)29-19-21-7-4-3-5-8-21/h3-16,20H,17-19H2,1-2H3. The third-order valence-electron chi connectivity index (χ3n) is 5.16. The fourth-order valence-electron chi connectivity index (χ4n) is 3.46. The number of fused-ring (bicyclic) bond motifs is 1. The molecule has 0 bridgehead atoms. The summed E-state index contributed by atoms with van der Waals surface area (Å²) in [6.45, 7) is 6.38. The Balaban J connectivity index is 1.39. The first-order valence-corrected chi connectivity index (χ1v) is 10.2. The molecular formula is C26H27NO2. The molecule has 0 saturated heterocycles. The first-order chi connectivity index (χ1) is 14.2. The number of aromatic nitrogens is 1. The summed E-state index contributed by atoms with van der Waals surface area (Å²) in [4.78, 5) is 0. The predicted molar refractivity (Wildman–Crippen MR) is 119 cm³/mol. The van der Waals surface area contributed by atoms with Crippen molar-refractivity contribution in [1.82, 2.24) is 4.57 Å². The number of rotatable bonds is 8. The van der Waals surface area contributed by atoms with Crippen LogP contribution in [0.3, 0.4) is 0 Å². The molecule has 3 aromatic carbocycles. The van der Waals surface area contributed by atoms with E-state index < -0.39 is 0 Å². The Morgan fingerprint density at radius 1 is 0.793 bits per heavy atom. The fourth-order valence-corrected chi connectivity index (χ4v) is 3.46. The molecule has 3 nitrogen and oxygen atoms in total. The zero-order chi connectivity index (χ0) is 20.1. The van der Waals surface area contributed by atoms with E-state index in [9.17, 15) is 0 Å². The summed E-state index contributed by atoms with van der Waals surface area (Å²) in [7, 11) is 0. The number of ether oxygens (including phenoxy) is 2. The fraction of sp³-hybridized carbons (Fsp3) is 0.231. The van der Waals surface area contributed by atoms with E-state index >= 15 is 0 Å². The maximum absolute atomic E-state index is 6.08. The lowest BCUT2D eigenvalue weighted by Crippen LogP contribution is -2.07. The summed E-state index contributed by atoms with van der Waals surface area (Å²) < 4.78 is 14.2. The summed E-state index contributed by atoms with van der Waals surface area (Å²) in [5.41, 5.74) is 3.66. The molecule has 4 aromatic rings. The van der Waals surface area contributed by atoms with E-state index in [4.69, 9.17) is 9.47 Å². The van der Waals surface area contributed by atoms with Crippen LogP contribution in [0.1, 0.15) is 30.9 Å². The van der Waals surface area contributed by atoms with Crippen molar-refractivity contribution in [1.29, 1.82) is 0 Å². The summed E-state index contributed by atoms with van der Waals surface area (Å²) >= 11 is 0. The quantitative estimate of drug-likeness (QED) is 0.349. The molecule has 3 heteroatoms. The van der Waals surface area contributed by atoms with Crippen molar-refractivity contribution >= 4 is 10.9 Å². The predicted octanol–water partition coefficient (Wildman–Crippen LogP) is 6.42. The van der Waals surface area contributed by atoms with Crippen LogP contribution in [0.25, 0.3) is 10.9 Å². The second kappa shape index (κ2) is 8.87.